The second-order valence-electron chi connectivity index (χ2n) is 7.76. The van der Waals surface area contributed by atoms with E-state index in [1.165, 1.54) is 25.7 Å². The van der Waals surface area contributed by atoms with E-state index < -0.39 is 5.60 Å². The first-order valence-corrected chi connectivity index (χ1v) is 11.5. The molecule has 6 nitrogen and oxygen atoms in total. The summed E-state index contributed by atoms with van der Waals surface area (Å²) in [5.41, 5.74) is 1.05. The summed E-state index contributed by atoms with van der Waals surface area (Å²) in [6, 6.07) is 6.17. The third-order valence-electron chi connectivity index (χ3n) is 5.25. The van der Waals surface area contributed by atoms with Gasteiger partial charge in [0.1, 0.15) is 11.4 Å². The molecule has 3 N–H and O–H groups in total. The normalized spacial score (nSPS) is 17.5. The SMILES string of the molecule is CCNC(=NCc1ccc(N2CCCCCC2)nc1)NCC(C)(O)c1ccsc1. The molecule has 1 atom stereocenters. The monoisotopic (exact) mass is 415 g/mol. The average Bonchev–Trinajstić information content (AvgIpc) is 3.15. The van der Waals surface area contributed by atoms with Gasteiger partial charge in [-0.15, -0.1) is 0 Å². The van der Waals surface area contributed by atoms with Crippen LogP contribution in [0.15, 0.2) is 40.1 Å². The van der Waals surface area contributed by atoms with Crippen LogP contribution in [0.3, 0.4) is 0 Å². The van der Waals surface area contributed by atoms with Crippen molar-refractivity contribution in [3.63, 3.8) is 0 Å². The van der Waals surface area contributed by atoms with Crippen LogP contribution in [-0.4, -0.2) is 42.2 Å². The zero-order valence-corrected chi connectivity index (χ0v) is 18.3. The molecule has 0 bridgehead atoms. The Morgan fingerprint density at radius 1 is 1.21 bits per heavy atom. The van der Waals surface area contributed by atoms with Gasteiger partial charge in [-0.3, -0.25) is 0 Å². The van der Waals surface area contributed by atoms with E-state index in [0.29, 0.717) is 19.0 Å². The number of aliphatic hydroxyl groups is 1. The maximum atomic E-state index is 10.7. The van der Waals surface area contributed by atoms with Crippen molar-refractivity contribution in [2.75, 3.05) is 31.1 Å². The van der Waals surface area contributed by atoms with Crippen LogP contribution >= 0.6 is 11.3 Å². The van der Waals surface area contributed by atoms with Gasteiger partial charge in [0, 0.05) is 25.8 Å². The lowest BCUT2D eigenvalue weighted by atomic mass is 9.99. The number of thiophene rings is 1. The Kier molecular flexibility index (Phi) is 7.89. The molecular formula is C22H33N5OS. The molecule has 1 fully saturated rings. The van der Waals surface area contributed by atoms with Crippen LogP contribution in [0.4, 0.5) is 5.82 Å². The van der Waals surface area contributed by atoms with Crippen LogP contribution in [0.1, 0.15) is 50.7 Å². The van der Waals surface area contributed by atoms with Gasteiger partial charge in [-0.1, -0.05) is 18.9 Å². The van der Waals surface area contributed by atoms with Gasteiger partial charge < -0.3 is 20.6 Å². The number of nitrogens with one attached hydrogen (secondary N) is 2. The Hall–Kier alpha value is -2.12. The first-order chi connectivity index (χ1) is 14.1. The van der Waals surface area contributed by atoms with Crippen molar-refractivity contribution in [3.05, 3.63) is 46.3 Å². The van der Waals surface area contributed by atoms with E-state index in [1.54, 1.807) is 11.3 Å². The standard InChI is InChI=1S/C22H33N5OS/c1-3-23-21(26-17-22(2,28)19-10-13-29-16-19)25-15-18-8-9-20(24-14-18)27-11-6-4-5-7-12-27/h8-10,13-14,16,28H,3-7,11-12,15,17H2,1-2H3,(H2,23,25,26). The van der Waals surface area contributed by atoms with Crippen LogP contribution in [0, 0.1) is 0 Å². The predicted octanol–water partition coefficient (Wildman–Crippen LogP) is 3.49. The summed E-state index contributed by atoms with van der Waals surface area (Å²) in [5.74, 6) is 1.76. The number of rotatable bonds is 7. The molecule has 3 rings (SSSR count). The number of pyridine rings is 1. The van der Waals surface area contributed by atoms with E-state index in [9.17, 15) is 5.11 Å². The van der Waals surface area contributed by atoms with Crippen LogP contribution in [-0.2, 0) is 12.1 Å². The third kappa shape index (κ3) is 6.44. The summed E-state index contributed by atoms with van der Waals surface area (Å²) in [4.78, 5) is 11.7. The minimum Gasteiger partial charge on any atom is -0.384 e. The topological polar surface area (TPSA) is 72.8 Å². The summed E-state index contributed by atoms with van der Waals surface area (Å²) < 4.78 is 0. The van der Waals surface area contributed by atoms with Gasteiger partial charge in [-0.2, -0.15) is 11.3 Å². The Labute approximate surface area is 178 Å². The fourth-order valence-electron chi connectivity index (χ4n) is 3.44. The number of aliphatic imine (C=N–C) groups is 1. The molecule has 0 saturated carbocycles. The lowest BCUT2D eigenvalue weighted by molar-refractivity contribution is 0.0621. The second-order valence-corrected chi connectivity index (χ2v) is 8.54. The Morgan fingerprint density at radius 3 is 2.62 bits per heavy atom. The number of guanidine groups is 1. The Morgan fingerprint density at radius 2 is 2.00 bits per heavy atom. The van der Waals surface area contributed by atoms with E-state index in [1.807, 2.05) is 36.9 Å². The van der Waals surface area contributed by atoms with Crippen molar-refractivity contribution in [1.82, 2.24) is 15.6 Å². The molecule has 1 aliphatic heterocycles. The van der Waals surface area contributed by atoms with Crippen LogP contribution in [0.5, 0.6) is 0 Å². The minimum absolute atomic E-state index is 0.391. The van der Waals surface area contributed by atoms with Crippen LogP contribution in [0.25, 0.3) is 0 Å². The van der Waals surface area contributed by atoms with E-state index in [-0.39, 0.29) is 0 Å². The van der Waals surface area contributed by atoms with Crippen molar-refractivity contribution in [2.24, 2.45) is 4.99 Å². The molecule has 3 heterocycles. The zero-order valence-electron chi connectivity index (χ0n) is 17.5. The van der Waals surface area contributed by atoms with Crippen molar-refractivity contribution in [2.45, 2.75) is 51.7 Å². The zero-order chi connectivity index (χ0) is 20.5. The van der Waals surface area contributed by atoms with Crippen molar-refractivity contribution in [1.29, 1.82) is 0 Å². The van der Waals surface area contributed by atoms with Gasteiger partial charge >= 0.3 is 0 Å². The quantitative estimate of drug-likeness (QED) is 0.477. The van der Waals surface area contributed by atoms with Gasteiger partial charge in [0.25, 0.3) is 0 Å². The largest absolute Gasteiger partial charge is 0.384 e. The molecule has 0 aliphatic carbocycles. The van der Waals surface area contributed by atoms with Crippen molar-refractivity contribution >= 4 is 23.1 Å². The van der Waals surface area contributed by atoms with E-state index in [0.717, 1.165) is 36.6 Å². The van der Waals surface area contributed by atoms with E-state index >= 15 is 0 Å². The lowest BCUT2D eigenvalue weighted by Gasteiger charge is -2.24. The highest BCUT2D eigenvalue weighted by Gasteiger charge is 2.23. The van der Waals surface area contributed by atoms with Crippen LogP contribution < -0.4 is 15.5 Å². The number of nitrogens with zero attached hydrogens (tertiary/aromatic N) is 3. The Bertz CT molecular complexity index is 750. The van der Waals surface area contributed by atoms with Gasteiger partial charge in [-0.05, 0) is 60.7 Å². The first-order valence-electron chi connectivity index (χ1n) is 10.6. The fourth-order valence-corrected chi connectivity index (χ4v) is 4.22. The van der Waals surface area contributed by atoms with Crippen molar-refractivity contribution in [3.8, 4) is 0 Å². The molecule has 0 radical (unpaired) electrons. The number of hydrogen-bond acceptors (Lipinski definition) is 5. The lowest BCUT2D eigenvalue weighted by Crippen LogP contribution is -2.44. The molecule has 2 aromatic rings. The molecule has 1 saturated heterocycles. The smallest absolute Gasteiger partial charge is 0.191 e. The third-order valence-corrected chi connectivity index (χ3v) is 5.93. The second kappa shape index (κ2) is 10.6. The summed E-state index contributed by atoms with van der Waals surface area (Å²) in [5, 5.41) is 21.1. The summed E-state index contributed by atoms with van der Waals surface area (Å²) >= 11 is 1.59. The highest BCUT2D eigenvalue weighted by Crippen LogP contribution is 2.22. The molecular weight excluding hydrogens is 382 g/mol. The molecule has 2 aromatic heterocycles. The molecule has 158 valence electrons. The summed E-state index contributed by atoms with van der Waals surface area (Å²) in [7, 11) is 0. The van der Waals surface area contributed by atoms with E-state index in [4.69, 9.17) is 0 Å². The maximum Gasteiger partial charge on any atom is 0.191 e. The first kappa shape index (κ1) is 21.6. The highest BCUT2D eigenvalue weighted by molar-refractivity contribution is 7.08. The molecule has 1 aliphatic rings. The minimum atomic E-state index is -0.938. The Balaban J connectivity index is 1.58. The molecule has 1 unspecified atom stereocenters. The van der Waals surface area contributed by atoms with Crippen LogP contribution in [0.2, 0.25) is 0 Å². The molecule has 0 spiro atoms. The van der Waals surface area contributed by atoms with Gasteiger partial charge in [0.15, 0.2) is 5.96 Å². The summed E-state index contributed by atoms with van der Waals surface area (Å²) in [6.45, 7) is 7.75. The molecule has 0 amide bonds. The predicted molar refractivity (Wildman–Crippen MR) is 122 cm³/mol. The molecule has 0 aromatic carbocycles. The fraction of sp³-hybridized carbons (Fsp3) is 0.545. The van der Waals surface area contributed by atoms with E-state index in [2.05, 4.69) is 37.6 Å². The number of hydrogen-bond donors (Lipinski definition) is 3. The van der Waals surface area contributed by atoms with Gasteiger partial charge in [0.2, 0.25) is 0 Å². The highest BCUT2D eigenvalue weighted by atomic mass is 32.1. The van der Waals surface area contributed by atoms with Gasteiger partial charge in [-0.25, -0.2) is 9.98 Å². The molecule has 7 heteroatoms. The van der Waals surface area contributed by atoms with Gasteiger partial charge in [0.05, 0.1) is 13.1 Å². The average molecular weight is 416 g/mol. The molecule has 29 heavy (non-hydrogen) atoms. The van der Waals surface area contributed by atoms with Crippen molar-refractivity contribution < 1.29 is 5.11 Å². The number of anilines is 1. The maximum absolute atomic E-state index is 10.7. The number of aromatic nitrogens is 1. The summed E-state index contributed by atoms with van der Waals surface area (Å²) in [6.07, 6.45) is 7.07.